The topological polar surface area (TPSA) is 78.9 Å². The van der Waals surface area contributed by atoms with Gasteiger partial charge in [-0.25, -0.2) is 14.1 Å². The second-order valence-corrected chi connectivity index (χ2v) is 6.82. The van der Waals surface area contributed by atoms with E-state index in [2.05, 4.69) is 20.5 Å². The molecule has 0 saturated heterocycles. The van der Waals surface area contributed by atoms with Crippen LogP contribution in [-0.4, -0.2) is 32.3 Å². The summed E-state index contributed by atoms with van der Waals surface area (Å²) in [6.07, 6.45) is 1.63. The Morgan fingerprint density at radius 3 is 2.64 bits per heavy atom. The molecule has 0 radical (unpaired) electrons. The van der Waals surface area contributed by atoms with Crippen LogP contribution in [0.5, 0.6) is 5.75 Å². The predicted molar refractivity (Wildman–Crippen MR) is 101 cm³/mol. The zero-order valence-corrected chi connectivity index (χ0v) is 15.8. The fraction of sp³-hybridized carbons (Fsp3) is 0.158. The van der Waals surface area contributed by atoms with Crippen molar-refractivity contribution < 1.29 is 13.5 Å². The smallest absolute Gasteiger partial charge is 0.210 e. The van der Waals surface area contributed by atoms with E-state index in [1.54, 1.807) is 30.1 Å². The molecule has 7 nitrogen and oxygen atoms in total. The number of halogens is 1. The van der Waals surface area contributed by atoms with E-state index >= 15 is 0 Å². The maximum atomic E-state index is 13.0. The molecule has 0 N–H and O–H groups in total. The highest BCUT2D eigenvalue weighted by Crippen LogP contribution is 2.25. The van der Waals surface area contributed by atoms with E-state index in [0.29, 0.717) is 29.1 Å². The molecule has 0 atom stereocenters. The van der Waals surface area contributed by atoms with Gasteiger partial charge in [0.2, 0.25) is 11.0 Å². The van der Waals surface area contributed by atoms with Crippen molar-refractivity contribution in [2.45, 2.75) is 17.5 Å². The summed E-state index contributed by atoms with van der Waals surface area (Å²) in [5, 5.41) is 12.5. The van der Waals surface area contributed by atoms with Crippen LogP contribution >= 0.6 is 11.8 Å². The Bertz CT molecular complexity index is 1050. The average molecular weight is 397 g/mol. The predicted octanol–water partition coefficient (Wildman–Crippen LogP) is 3.82. The summed E-state index contributed by atoms with van der Waals surface area (Å²) in [6.45, 7) is 0.547. The van der Waals surface area contributed by atoms with Crippen molar-refractivity contribution in [2.75, 3.05) is 7.11 Å². The van der Waals surface area contributed by atoms with Gasteiger partial charge in [0.25, 0.3) is 0 Å². The van der Waals surface area contributed by atoms with Gasteiger partial charge >= 0.3 is 0 Å². The van der Waals surface area contributed by atoms with Crippen molar-refractivity contribution >= 4 is 11.8 Å². The van der Waals surface area contributed by atoms with Crippen molar-refractivity contribution in [1.82, 2.24) is 25.2 Å². The largest absolute Gasteiger partial charge is 0.497 e. The molecule has 0 fully saturated rings. The normalized spacial score (nSPS) is 10.9. The van der Waals surface area contributed by atoms with Crippen LogP contribution < -0.4 is 4.74 Å². The number of methoxy groups -OCH3 is 1. The maximum Gasteiger partial charge on any atom is 0.210 e. The number of aromatic nitrogens is 5. The van der Waals surface area contributed by atoms with E-state index in [9.17, 15) is 4.39 Å². The summed E-state index contributed by atoms with van der Waals surface area (Å²) in [7, 11) is 1.63. The van der Waals surface area contributed by atoms with Crippen LogP contribution in [0.2, 0.25) is 0 Å². The lowest BCUT2D eigenvalue weighted by Crippen LogP contribution is -2.04. The SMILES string of the molecule is COc1ccc(Cn2nnnc2SCc2ncc(-c3ccc(F)cc3)o2)cc1. The number of oxazole rings is 1. The van der Waals surface area contributed by atoms with Gasteiger partial charge < -0.3 is 9.15 Å². The number of thioether (sulfide) groups is 1. The molecule has 0 aliphatic heterocycles. The first-order valence-corrected chi connectivity index (χ1v) is 9.42. The van der Waals surface area contributed by atoms with Crippen LogP contribution in [0.25, 0.3) is 11.3 Å². The lowest BCUT2D eigenvalue weighted by Gasteiger charge is -2.05. The van der Waals surface area contributed by atoms with E-state index in [0.717, 1.165) is 16.9 Å². The average Bonchev–Trinajstić information content (AvgIpc) is 3.37. The van der Waals surface area contributed by atoms with E-state index in [1.165, 1.54) is 23.9 Å². The van der Waals surface area contributed by atoms with Gasteiger partial charge in [0, 0.05) is 5.56 Å². The van der Waals surface area contributed by atoms with Gasteiger partial charge in [-0.15, -0.1) is 5.10 Å². The highest BCUT2D eigenvalue weighted by atomic mass is 32.2. The molecule has 0 amide bonds. The Morgan fingerprint density at radius 2 is 1.89 bits per heavy atom. The highest BCUT2D eigenvalue weighted by molar-refractivity contribution is 7.98. The Kier molecular flexibility index (Phi) is 5.34. The Balaban J connectivity index is 1.40. The van der Waals surface area contributed by atoms with Gasteiger partial charge in [0.1, 0.15) is 11.6 Å². The van der Waals surface area contributed by atoms with E-state index in [-0.39, 0.29) is 5.82 Å². The number of rotatable bonds is 7. The Labute approximate surface area is 164 Å². The number of benzene rings is 2. The third kappa shape index (κ3) is 4.20. The first-order valence-electron chi connectivity index (χ1n) is 8.44. The number of nitrogens with zero attached hydrogens (tertiary/aromatic N) is 5. The molecule has 4 aromatic rings. The van der Waals surface area contributed by atoms with Crippen LogP contribution in [0, 0.1) is 5.82 Å². The number of hydrogen-bond donors (Lipinski definition) is 0. The molecule has 0 spiro atoms. The molecular weight excluding hydrogens is 381 g/mol. The summed E-state index contributed by atoms with van der Waals surface area (Å²) in [6, 6.07) is 13.8. The number of hydrogen-bond acceptors (Lipinski definition) is 7. The monoisotopic (exact) mass is 397 g/mol. The zero-order chi connectivity index (χ0) is 19.3. The molecule has 28 heavy (non-hydrogen) atoms. The molecule has 142 valence electrons. The standard InChI is InChI=1S/C19H16FN5O2S/c1-26-16-8-2-13(3-9-16)11-25-19(22-23-24-25)28-12-18-21-10-17(27-18)14-4-6-15(20)7-5-14/h2-10H,11-12H2,1H3. The maximum absolute atomic E-state index is 13.0. The van der Waals surface area contributed by atoms with Crippen LogP contribution in [0.3, 0.4) is 0 Å². The summed E-state index contributed by atoms with van der Waals surface area (Å²) in [4.78, 5) is 4.27. The van der Waals surface area contributed by atoms with E-state index in [4.69, 9.17) is 9.15 Å². The number of ether oxygens (including phenoxy) is 1. The molecule has 0 bridgehead atoms. The summed E-state index contributed by atoms with van der Waals surface area (Å²) in [5.41, 5.74) is 1.83. The first-order chi connectivity index (χ1) is 13.7. The fourth-order valence-electron chi connectivity index (χ4n) is 2.55. The zero-order valence-electron chi connectivity index (χ0n) is 14.9. The van der Waals surface area contributed by atoms with Gasteiger partial charge in [-0.2, -0.15) is 0 Å². The molecule has 2 aromatic heterocycles. The van der Waals surface area contributed by atoms with Crippen molar-refractivity contribution in [3.63, 3.8) is 0 Å². The Morgan fingerprint density at radius 1 is 1.11 bits per heavy atom. The lowest BCUT2D eigenvalue weighted by atomic mass is 10.2. The second kappa shape index (κ2) is 8.22. The fourth-order valence-corrected chi connectivity index (χ4v) is 3.28. The van der Waals surface area contributed by atoms with Crippen LogP contribution in [0.1, 0.15) is 11.5 Å². The minimum Gasteiger partial charge on any atom is -0.497 e. The first kappa shape index (κ1) is 18.2. The van der Waals surface area contributed by atoms with Crippen molar-refractivity contribution in [3.05, 3.63) is 72.0 Å². The molecule has 2 aromatic carbocycles. The van der Waals surface area contributed by atoms with Gasteiger partial charge in [-0.3, -0.25) is 0 Å². The Hall–Kier alpha value is -3.20. The molecule has 0 aliphatic carbocycles. The van der Waals surface area contributed by atoms with Crippen LogP contribution in [0.15, 0.2) is 64.3 Å². The highest BCUT2D eigenvalue weighted by Gasteiger charge is 2.12. The van der Waals surface area contributed by atoms with Crippen molar-refractivity contribution in [3.8, 4) is 17.1 Å². The van der Waals surface area contributed by atoms with Crippen molar-refractivity contribution in [2.24, 2.45) is 0 Å². The van der Waals surface area contributed by atoms with Gasteiger partial charge in [-0.05, 0) is 52.4 Å². The molecule has 4 rings (SSSR count). The minimum absolute atomic E-state index is 0.289. The van der Waals surface area contributed by atoms with Gasteiger partial charge in [-0.1, -0.05) is 23.9 Å². The second-order valence-electron chi connectivity index (χ2n) is 5.88. The van der Waals surface area contributed by atoms with Crippen LogP contribution in [0.4, 0.5) is 4.39 Å². The van der Waals surface area contributed by atoms with E-state index < -0.39 is 0 Å². The van der Waals surface area contributed by atoms with Crippen molar-refractivity contribution in [1.29, 1.82) is 0 Å². The summed E-state index contributed by atoms with van der Waals surface area (Å²) < 4.78 is 25.7. The molecule has 2 heterocycles. The summed E-state index contributed by atoms with van der Waals surface area (Å²) in [5.74, 6) is 2.12. The molecule has 0 aliphatic rings. The van der Waals surface area contributed by atoms with Crippen LogP contribution in [-0.2, 0) is 12.3 Å². The molecule has 0 saturated carbocycles. The summed E-state index contributed by atoms with van der Waals surface area (Å²) >= 11 is 1.43. The van der Waals surface area contributed by atoms with Gasteiger partial charge in [0.05, 0.1) is 25.6 Å². The molecule has 9 heteroatoms. The van der Waals surface area contributed by atoms with E-state index in [1.807, 2.05) is 24.3 Å². The third-order valence-corrected chi connectivity index (χ3v) is 4.94. The molecule has 0 unspecified atom stereocenters. The van der Waals surface area contributed by atoms with Gasteiger partial charge in [0.15, 0.2) is 5.76 Å². The molecular formula is C19H16FN5O2S. The minimum atomic E-state index is -0.289. The lowest BCUT2D eigenvalue weighted by molar-refractivity contribution is 0.414. The third-order valence-electron chi connectivity index (χ3n) is 4.00. The quantitative estimate of drug-likeness (QED) is 0.439. The number of tetrazole rings is 1.